The number of nitrogens with two attached hydrogens (primary N) is 1. The first-order valence-corrected chi connectivity index (χ1v) is 5.56. The summed E-state index contributed by atoms with van der Waals surface area (Å²) in [6.45, 7) is 3.67. The zero-order valence-corrected chi connectivity index (χ0v) is 9.85. The summed E-state index contributed by atoms with van der Waals surface area (Å²) < 4.78 is 3.76. The predicted molar refractivity (Wildman–Crippen MR) is 63.3 cm³/mol. The third-order valence-electron chi connectivity index (χ3n) is 2.41. The minimum atomic E-state index is 0.488. The van der Waals surface area contributed by atoms with Crippen molar-refractivity contribution in [2.75, 3.05) is 5.73 Å². The lowest BCUT2D eigenvalue weighted by Gasteiger charge is -2.07. The maximum absolute atomic E-state index is 5.84. The number of nitrogens with zero attached hydrogens (tertiary/aromatic N) is 4. The fourth-order valence-electron chi connectivity index (χ4n) is 1.57. The molecule has 2 rings (SSSR count). The highest BCUT2D eigenvalue weighted by atomic mass is 35.5. The van der Waals surface area contributed by atoms with Crippen molar-refractivity contribution in [3.05, 3.63) is 29.4 Å². The normalized spacial score (nSPS) is 10.9. The van der Waals surface area contributed by atoms with E-state index in [2.05, 4.69) is 21.6 Å². The van der Waals surface area contributed by atoms with Gasteiger partial charge in [0.1, 0.15) is 10.8 Å². The first-order valence-electron chi connectivity index (χ1n) is 5.18. The standard InChI is InChI=1S/C10H14ClN5/c1-2-3-15-7-13-4-8(15)6-16-10(12)9(11)5-14-16/h4-5,7H,2-3,6,12H2,1H3. The van der Waals surface area contributed by atoms with E-state index in [0.29, 0.717) is 17.4 Å². The second-order valence-corrected chi connectivity index (χ2v) is 4.02. The van der Waals surface area contributed by atoms with Gasteiger partial charge in [-0.05, 0) is 6.42 Å². The molecule has 0 aromatic carbocycles. The summed E-state index contributed by atoms with van der Waals surface area (Å²) in [5.74, 6) is 0.492. The molecule has 0 saturated carbocycles. The number of aryl methyl sites for hydroxylation is 1. The van der Waals surface area contributed by atoms with Gasteiger partial charge < -0.3 is 10.3 Å². The number of anilines is 1. The first-order chi connectivity index (χ1) is 7.72. The van der Waals surface area contributed by atoms with Crippen LogP contribution in [0.4, 0.5) is 5.82 Å². The van der Waals surface area contributed by atoms with Crippen LogP contribution >= 0.6 is 11.6 Å². The molecule has 6 heteroatoms. The van der Waals surface area contributed by atoms with Crippen molar-refractivity contribution in [3.8, 4) is 0 Å². The Bertz CT molecular complexity index is 473. The number of aromatic nitrogens is 4. The van der Waals surface area contributed by atoms with Crippen LogP contribution in [0.5, 0.6) is 0 Å². The fraction of sp³-hybridized carbons (Fsp3) is 0.400. The van der Waals surface area contributed by atoms with E-state index in [-0.39, 0.29) is 0 Å². The zero-order valence-electron chi connectivity index (χ0n) is 9.10. The number of rotatable bonds is 4. The Morgan fingerprint density at radius 1 is 1.44 bits per heavy atom. The SMILES string of the molecule is CCCn1cncc1Cn1ncc(Cl)c1N. The van der Waals surface area contributed by atoms with E-state index in [4.69, 9.17) is 17.3 Å². The summed E-state index contributed by atoms with van der Waals surface area (Å²) in [5, 5.41) is 4.60. The maximum Gasteiger partial charge on any atom is 0.141 e. The van der Waals surface area contributed by atoms with Crippen LogP contribution in [0.15, 0.2) is 18.7 Å². The monoisotopic (exact) mass is 239 g/mol. The molecule has 2 aromatic heterocycles. The van der Waals surface area contributed by atoms with Crippen molar-refractivity contribution in [3.63, 3.8) is 0 Å². The van der Waals surface area contributed by atoms with Gasteiger partial charge in [0.25, 0.3) is 0 Å². The van der Waals surface area contributed by atoms with Gasteiger partial charge >= 0.3 is 0 Å². The summed E-state index contributed by atoms with van der Waals surface area (Å²) in [4.78, 5) is 4.12. The number of hydrogen-bond acceptors (Lipinski definition) is 3. The third-order valence-corrected chi connectivity index (χ3v) is 2.70. The molecule has 0 saturated heterocycles. The molecule has 2 heterocycles. The number of imidazole rings is 1. The molecule has 0 bridgehead atoms. The van der Waals surface area contributed by atoms with E-state index in [0.717, 1.165) is 18.7 Å². The summed E-state index contributed by atoms with van der Waals surface area (Å²) in [6.07, 6.45) is 6.26. The van der Waals surface area contributed by atoms with E-state index in [1.165, 1.54) is 0 Å². The average molecular weight is 240 g/mol. The van der Waals surface area contributed by atoms with Crippen molar-refractivity contribution in [2.24, 2.45) is 0 Å². The molecule has 0 aliphatic heterocycles. The molecule has 2 aromatic rings. The second kappa shape index (κ2) is 4.57. The van der Waals surface area contributed by atoms with Crippen LogP contribution in [0.1, 0.15) is 19.0 Å². The lowest BCUT2D eigenvalue weighted by Crippen LogP contribution is -2.10. The summed E-state index contributed by atoms with van der Waals surface area (Å²) >= 11 is 5.84. The highest BCUT2D eigenvalue weighted by Gasteiger charge is 2.08. The van der Waals surface area contributed by atoms with Gasteiger partial charge in [-0.3, -0.25) is 0 Å². The first kappa shape index (κ1) is 11.0. The maximum atomic E-state index is 5.84. The highest BCUT2D eigenvalue weighted by Crippen LogP contribution is 2.18. The van der Waals surface area contributed by atoms with E-state index in [1.54, 1.807) is 10.9 Å². The van der Waals surface area contributed by atoms with Crippen molar-refractivity contribution in [1.29, 1.82) is 0 Å². The van der Waals surface area contributed by atoms with Crippen molar-refractivity contribution < 1.29 is 0 Å². The Balaban J connectivity index is 2.20. The van der Waals surface area contributed by atoms with Crippen LogP contribution in [0.2, 0.25) is 5.02 Å². The van der Waals surface area contributed by atoms with Crippen molar-refractivity contribution in [2.45, 2.75) is 26.4 Å². The Morgan fingerprint density at radius 2 is 2.25 bits per heavy atom. The Kier molecular flexibility index (Phi) is 3.14. The van der Waals surface area contributed by atoms with E-state index in [1.807, 2.05) is 12.5 Å². The highest BCUT2D eigenvalue weighted by molar-refractivity contribution is 6.32. The molecular formula is C10H14ClN5. The van der Waals surface area contributed by atoms with E-state index in [9.17, 15) is 0 Å². The Labute approximate surface area is 98.8 Å². The molecule has 0 aliphatic carbocycles. The van der Waals surface area contributed by atoms with Gasteiger partial charge in [0.2, 0.25) is 0 Å². The van der Waals surface area contributed by atoms with Gasteiger partial charge in [0.15, 0.2) is 0 Å². The summed E-state index contributed by atoms with van der Waals surface area (Å²) in [6, 6.07) is 0. The largest absolute Gasteiger partial charge is 0.383 e. The van der Waals surface area contributed by atoms with Gasteiger partial charge in [-0.2, -0.15) is 5.10 Å². The molecule has 86 valence electrons. The quantitative estimate of drug-likeness (QED) is 0.885. The van der Waals surface area contributed by atoms with Gasteiger partial charge in [0, 0.05) is 6.54 Å². The van der Waals surface area contributed by atoms with Crippen LogP contribution in [0, 0.1) is 0 Å². The molecular weight excluding hydrogens is 226 g/mol. The second-order valence-electron chi connectivity index (χ2n) is 3.61. The molecule has 0 spiro atoms. The van der Waals surface area contributed by atoms with Crippen LogP contribution in [-0.4, -0.2) is 19.3 Å². The molecule has 2 N–H and O–H groups in total. The van der Waals surface area contributed by atoms with Gasteiger partial charge in [0.05, 0.1) is 31.0 Å². The summed E-state index contributed by atoms with van der Waals surface area (Å²) in [7, 11) is 0. The third kappa shape index (κ3) is 2.04. The van der Waals surface area contributed by atoms with Crippen LogP contribution < -0.4 is 5.73 Å². The Hall–Kier alpha value is -1.49. The average Bonchev–Trinajstić information content (AvgIpc) is 2.82. The van der Waals surface area contributed by atoms with E-state index < -0.39 is 0 Å². The smallest absolute Gasteiger partial charge is 0.141 e. The molecule has 16 heavy (non-hydrogen) atoms. The molecule has 0 amide bonds. The Morgan fingerprint density at radius 3 is 2.88 bits per heavy atom. The van der Waals surface area contributed by atoms with Crippen molar-refractivity contribution >= 4 is 17.4 Å². The van der Waals surface area contributed by atoms with Gasteiger partial charge in [-0.1, -0.05) is 18.5 Å². The van der Waals surface area contributed by atoms with Crippen molar-refractivity contribution in [1.82, 2.24) is 19.3 Å². The van der Waals surface area contributed by atoms with Gasteiger partial charge in [-0.15, -0.1) is 0 Å². The van der Waals surface area contributed by atoms with Crippen LogP contribution in [0.25, 0.3) is 0 Å². The van der Waals surface area contributed by atoms with Crippen LogP contribution in [-0.2, 0) is 13.1 Å². The zero-order chi connectivity index (χ0) is 11.5. The fourth-order valence-corrected chi connectivity index (χ4v) is 1.71. The lowest BCUT2D eigenvalue weighted by atomic mass is 10.4. The number of halogens is 1. The topological polar surface area (TPSA) is 61.7 Å². The number of nitrogen functional groups attached to an aromatic ring is 1. The molecule has 0 atom stereocenters. The minimum Gasteiger partial charge on any atom is -0.383 e. The summed E-state index contributed by atoms with van der Waals surface area (Å²) in [5.41, 5.74) is 6.86. The van der Waals surface area contributed by atoms with Gasteiger partial charge in [-0.25, -0.2) is 9.67 Å². The number of hydrogen-bond donors (Lipinski definition) is 1. The molecule has 0 aliphatic rings. The van der Waals surface area contributed by atoms with E-state index >= 15 is 0 Å². The molecule has 0 fully saturated rings. The molecule has 0 unspecified atom stereocenters. The molecule has 5 nitrogen and oxygen atoms in total. The lowest BCUT2D eigenvalue weighted by molar-refractivity contribution is 0.601. The minimum absolute atomic E-state index is 0.488. The van der Waals surface area contributed by atoms with Crippen LogP contribution in [0.3, 0.4) is 0 Å². The predicted octanol–water partition coefficient (Wildman–Crippen LogP) is 1.77. The molecule has 0 radical (unpaired) electrons.